The fraction of sp³-hybridized carbons (Fsp3) is 0.312. The number of benzene rings is 5. The summed E-state index contributed by atoms with van der Waals surface area (Å²) in [7, 11) is 0. The highest BCUT2D eigenvalue weighted by molar-refractivity contribution is 5.90. The van der Waals surface area contributed by atoms with Crippen molar-refractivity contribution in [2.45, 2.75) is 68.5 Å². The summed E-state index contributed by atoms with van der Waals surface area (Å²) in [6, 6.07) is 43.3. The second-order valence-electron chi connectivity index (χ2n) is 14.7. The second-order valence-corrected chi connectivity index (χ2v) is 14.7. The van der Waals surface area contributed by atoms with Gasteiger partial charge in [-0.25, -0.2) is 14.4 Å². The number of azide groups is 1. The molecule has 0 radical (unpaired) electrons. The van der Waals surface area contributed by atoms with Gasteiger partial charge in [0.2, 0.25) is 0 Å². The average molecular weight is 874 g/mol. The van der Waals surface area contributed by atoms with Gasteiger partial charge < -0.3 is 47.7 Å². The van der Waals surface area contributed by atoms with Gasteiger partial charge in [-0.2, -0.15) is 0 Å². The van der Waals surface area contributed by atoms with E-state index in [2.05, 4.69) is 10.0 Å². The summed E-state index contributed by atoms with van der Waals surface area (Å²) < 4.78 is 56.0. The van der Waals surface area contributed by atoms with Gasteiger partial charge in [-0.1, -0.05) is 120 Å². The summed E-state index contributed by atoms with van der Waals surface area (Å²) in [5.41, 5.74) is 11.3. The number of carbonyl (C=O) groups is 3. The van der Waals surface area contributed by atoms with Crippen LogP contribution in [0.25, 0.3) is 10.4 Å². The molecule has 0 aliphatic carbocycles. The highest BCUT2D eigenvalue weighted by Gasteiger charge is 2.55. The summed E-state index contributed by atoms with van der Waals surface area (Å²) in [6.07, 6.45) is -12.3. The summed E-state index contributed by atoms with van der Waals surface area (Å²) in [5, 5.41) is 15.7. The summed E-state index contributed by atoms with van der Waals surface area (Å²) in [6.45, 7) is -0.707. The number of esters is 3. The Bertz CT molecular complexity index is 2270. The van der Waals surface area contributed by atoms with Crippen LogP contribution in [-0.2, 0) is 55.8 Å². The molecule has 16 heteroatoms. The largest absolute Gasteiger partial charge is 0.459 e. The van der Waals surface area contributed by atoms with Crippen LogP contribution in [0.5, 0.6) is 0 Å². The maximum absolute atomic E-state index is 14.0. The summed E-state index contributed by atoms with van der Waals surface area (Å²) in [4.78, 5) is 43.9. The monoisotopic (exact) mass is 873 g/mol. The molecule has 0 spiro atoms. The number of hydrogen-bond donors (Lipinski definition) is 1. The second kappa shape index (κ2) is 23.3. The van der Waals surface area contributed by atoms with E-state index in [-0.39, 0.29) is 49.7 Å². The van der Waals surface area contributed by atoms with Gasteiger partial charge in [-0.05, 0) is 53.1 Å². The molecule has 2 aliphatic rings. The standard InChI is InChI=1S/C48H47N3O13/c49-51-50-26-27-56-48-43(63-46(55)36-24-14-5-15-25-36)42(41(62-45(54)35-22-12-4-13-23-35)38(61-48)31-59-44(53)34-20-10-3-11-21-34)64-47-39(52)40(58-29-33-18-8-2-9-19-33)37(30-60-47)57-28-32-16-6-1-7-17-32/h1-25,37-43,47-48,52H,26-31H2/t37-,38?,39?,40?,41-,42?,43?,47-,48-/m1/s1. The Labute approximate surface area is 369 Å². The zero-order valence-corrected chi connectivity index (χ0v) is 34.6. The maximum atomic E-state index is 14.0. The summed E-state index contributed by atoms with van der Waals surface area (Å²) >= 11 is 0. The number of hydrogen-bond acceptors (Lipinski definition) is 14. The van der Waals surface area contributed by atoms with Crippen LogP contribution in [0.3, 0.4) is 0 Å². The third-order valence-electron chi connectivity index (χ3n) is 10.3. The lowest BCUT2D eigenvalue weighted by atomic mass is 9.97. The van der Waals surface area contributed by atoms with E-state index in [9.17, 15) is 19.5 Å². The minimum absolute atomic E-state index is 0.0995. The van der Waals surface area contributed by atoms with Gasteiger partial charge in [0, 0.05) is 11.5 Å². The van der Waals surface area contributed by atoms with E-state index >= 15 is 0 Å². The Morgan fingerprint density at radius 3 is 1.66 bits per heavy atom. The molecule has 5 aromatic rings. The molecule has 16 nitrogen and oxygen atoms in total. The normalized spacial score (nSPS) is 24.1. The zero-order chi connectivity index (χ0) is 44.5. The summed E-state index contributed by atoms with van der Waals surface area (Å²) in [5.74, 6) is -2.35. The van der Waals surface area contributed by atoms with E-state index in [0.29, 0.717) is 0 Å². The fourth-order valence-electron chi connectivity index (χ4n) is 7.10. The molecular formula is C48H47N3O13. The SMILES string of the molecule is [N-]=[N+]=NCCO[C@@H]1OC(COC(=O)c2ccccc2)[C@@H](OC(=O)c2ccccc2)C(O[C@H]2OC[C@@H](OCc3ccccc3)C(OCc3ccccc3)C2O)C1OC(=O)c1ccccc1. The van der Waals surface area contributed by atoms with E-state index < -0.39 is 79.8 Å². The van der Waals surface area contributed by atoms with Crippen molar-refractivity contribution in [2.75, 3.05) is 26.4 Å². The van der Waals surface area contributed by atoms with Crippen LogP contribution >= 0.6 is 0 Å². The molecule has 0 amide bonds. The maximum Gasteiger partial charge on any atom is 0.338 e. The van der Waals surface area contributed by atoms with E-state index in [1.807, 2.05) is 60.7 Å². The van der Waals surface area contributed by atoms with Crippen molar-refractivity contribution in [3.8, 4) is 0 Å². The Morgan fingerprint density at radius 2 is 1.11 bits per heavy atom. The van der Waals surface area contributed by atoms with E-state index in [4.69, 9.17) is 48.2 Å². The third kappa shape index (κ3) is 12.4. The minimum Gasteiger partial charge on any atom is -0.459 e. The topological polar surface area (TPSA) is 203 Å². The molecule has 7 rings (SSSR count). The highest BCUT2D eigenvalue weighted by Crippen LogP contribution is 2.34. The van der Waals surface area contributed by atoms with Crippen molar-refractivity contribution in [1.29, 1.82) is 0 Å². The Balaban J connectivity index is 1.24. The molecule has 5 unspecified atom stereocenters. The first kappa shape index (κ1) is 45.6. The smallest absolute Gasteiger partial charge is 0.338 e. The molecule has 2 aliphatic heterocycles. The van der Waals surface area contributed by atoms with Crippen molar-refractivity contribution in [3.63, 3.8) is 0 Å². The number of rotatable bonds is 19. The predicted octanol–water partition coefficient (Wildman–Crippen LogP) is 6.62. The van der Waals surface area contributed by atoms with E-state index in [1.165, 1.54) is 12.1 Å². The molecule has 2 fully saturated rings. The molecular weight excluding hydrogens is 827 g/mol. The number of nitrogens with zero attached hydrogens (tertiary/aromatic N) is 3. The molecule has 332 valence electrons. The third-order valence-corrected chi connectivity index (χ3v) is 10.3. The van der Waals surface area contributed by atoms with Crippen LogP contribution in [-0.4, -0.2) is 105 Å². The van der Waals surface area contributed by atoms with Crippen LogP contribution in [0, 0.1) is 0 Å². The lowest BCUT2D eigenvalue weighted by Gasteiger charge is -2.47. The number of ether oxygens (including phenoxy) is 9. The van der Waals surface area contributed by atoms with Crippen molar-refractivity contribution in [3.05, 3.63) is 190 Å². The molecule has 5 aromatic carbocycles. The minimum atomic E-state index is -1.56. The Hall–Kier alpha value is -6.46. The fourth-order valence-corrected chi connectivity index (χ4v) is 7.10. The quantitative estimate of drug-likeness (QED) is 0.0232. The zero-order valence-electron chi connectivity index (χ0n) is 34.6. The first-order chi connectivity index (χ1) is 31.4. The number of carbonyl (C=O) groups excluding carboxylic acids is 3. The molecule has 0 aromatic heterocycles. The number of aliphatic hydroxyl groups excluding tert-OH is 1. The lowest BCUT2D eigenvalue weighted by molar-refractivity contribution is -0.351. The van der Waals surface area contributed by atoms with Crippen LogP contribution in [0.2, 0.25) is 0 Å². The van der Waals surface area contributed by atoms with Crippen LogP contribution in [0.4, 0.5) is 0 Å². The first-order valence-corrected chi connectivity index (χ1v) is 20.7. The lowest BCUT2D eigenvalue weighted by Crippen LogP contribution is -2.65. The molecule has 2 saturated heterocycles. The van der Waals surface area contributed by atoms with Gasteiger partial charge in [0.1, 0.15) is 37.1 Å². The molecule has 0 saturated carbocycles. The molecule has 9 atom stereocenters. The molecule has 64 heavy (non-hydrogen) atoms. The number of aliphatic hydroxyl groups is 1. The molecule has 0 bridgehead atoms. The molecule has 2 heterocycles. The van der Waals surface area contributed by atoms with Crippen molar-refractivity contribution < 1.29 is 62.1 Å². The van der Waals surface area contributed by atoms with Crippen LogP contribution in [0.15, 0.2) is 157 Å². The van der Waals surface area contributed by atoms with Gasteiger partial charge in [0.05, 0.1) is 43.1 Å². The van der Waals surface area contributed by atoms with Crippen molar-refractivity contribution in [1.82, 2.24) is 0 Å². The van der Waals surface area contributed by atoms with Crippen molar-refractivity contribution in [2.24, 2.45) is 5.11 Å². The van der Waals surface area contributed by atoms with Crippen LogP contribution in [0.1, 0.15) is 42.2 Å². The van der Waals surface area contributed by atoms with E-state index in [1.54, 1.807) is 78.9 Å². The predicted molar refractivity (Wildman–Crippen MR) is 227 cm³/mol. The van der Waals surface area contributed by atoms with Gasteiger partial charge >= 0.3 is 17.9 Å². The molecule has 1 N–H and O–H groups in total. The van der Waals surface area contributed by atoms with Crippen LogP contribution < -0.4 is 0 Å². The average Bonchev–Trinajstić information content (AvgIpc) is 3.34. The van der Waals surface area contributed by atoms with Crippen molar-refractivity contribution >= 4 is 17.9 Å². The van der Waals surface area contributed by atoms with Gasteiger partial charge in [-0.3, -0.25) is 0 Å². The van der Waals surface area contributed by atoms with Gasteiger partial charge in [0.15, 0.2) is 24.8 Å². The Kier molecular flexibility index (Phi) is 16.6. The van der Waals surface area contributed by atoms with Gasteiger partial charge in [0.25, 0.3) is 0 Å². The first-order valence-electron chi connectivity index (χ1n) is 20.7. The van der Waals surface area contributed by atoms with E-state index in [0.717, 1.165) is 11.1 Å². The highest BCUT2D eigenvalue weighted by atomic mass is 16.8. The van der Waals surface area contributed by atoms with Gasteiger partial charge in [-0.15, -0.1) is 0 Å². The Morgan fingerprint density at radius 1 is 0.609 bits per heavy atom.